The summed E-state index contributed by atoms with van der Waals surface area (Å²) in [4.78, 5) is 2.48. The summed E-state index contributed by atoms with van der Waals surface area (Å²) in [7, 11) is 0. The normalized spacial score (nSPS) is 17.8. The molecule has 3 heteroatoms. The predicted octanol–water partition coefficient (Wildman–Crippen LogP) is 4.12. The molecule has 0 heterocycles. The molecule has 0 amide bonds. The largest absolute Gasteiger partial charge is 0.329 e. The van der Waals surface area contributed by atoms with Crippen LogP contribution in [0.1, 0.15) is 57.6 Å². The average Bonchev–Trinajstić information content (AvgIpc) is 2.98. The van der Waals surface area contributed by atoms with Gasteiger partial charge in [-0.05, 0) is 37.8 Å². The molecule has 1 aliphatic carbocycles. The van der Waals surface area contributed by atoms with Crippen LogP contribution in [0.25, 0.3) is 0 Å². The highest BCUT2D eigenvalue weighted by Crippen LogP contribution is 2.32. The van der Waals surface area contributed by atoms with Crippen LogP contribution in [0.5, 0.6) is 0 Å². The molecule has 1 saturated carbocycles. The number of nitrogens with two attached hydrogens (primary N) is 1. The van der Waals surface area contributed by atoms with Crippen molar-refractivity contribution in [1.82, 2.24) is 4.90 Å². The van der Waals surface area contributed by atoms with Crippen LogP contribution in [0.15, 0.2) is 24.3 Å². The molecule has 2 nitrogen and oxygen atoms in total. The SMILES string of the molecule is CC(C)CCN(C1CCCC1)C(CN)c1ccccc1F. The van der Waals surface area contributed by atoms with E-state index in [0.717, 1.165) is 18.5 Å². The second-order valence-electron chi connectivity index (χ2n) is 6.63. The molecule has 2 N–H and O–H groups in total. The molecule has 21 heavy (non-hydrogen) atoms. The van der Waals surface area contributed by atoms with Gasteiger partial charge in [0.25, 0.3) is 0 Å². The van der Waals surface area contributed by atoms with Gasteiger partial charge in [-0.1, -0.05) is 44.9 Å². The Morgan fingerprint density at radius 1 is 1.24 bits per heavy atom. The van der Waals surface area contributed by atoms with Gasteiger partial charge in [-0.3, -0.25) is 4.90 Å². The maximum absolute atomic E-state index is 14.2. The Balaban J connectivity index is 2.21. The number of rotatable bonds is 7. The van der Waals surface area contributed by atoms with Crippen LogP contribution in [-0.4, -0.2) is 24.0 Å². The van der Waals surface area contributed by atoms with Crippen LogP contribution in [0.3, 0.4) is 0 Å². The van der Waals surface area contributed by atoms with Crippen LogP contribution in [0, 0.1) is 11.7 Å². The molecule has 1 atom stereocenters. The van der Waals surface area contributed by atoms with Gasteiger partial charge in [0.1, 0.15) is 5.82 Å². The molecule has 2 rings (SSSR count). The fraction of sp³-hybridized carbons (Fsp3) is 0.667. The summed E-state index contributed by atoms with van der Waals surface area (Å²) >= 11 is 0. The number of hydrogen-bond donors (Lipinski definition) is 1. The van der Waals surface area contributed by atoms with E-state index >= 15 is 0 Å². The molecule has 118 valence electrons. The Morgan fingerprint density at radius 3 is 2.48 bits per heavy atom. The zero-order valence-corrected chi connectivity index (χ0v) is 13.4. The van der Waals surface area contributed by atoms with E-state index in [4.69, 9.17) is 5.73 Å². The highest BCUT2D eigenvalue weighted by Gasteiger charge is 2.30. The van der Waals surface area contributed by atoms with E-state index in [1.165, 1.54) is 25.7 Å². The van der Waals surface area contributed by atoms with Crippen molar-refractivity contribution in [3.05, 3.63) is 35.6 Å². The third-order valence-electron chi connectivity index (χ3n) is 4.65. The van der Waals surface area contributed by atoms with Crippen molar-refractivity contribution in [2.75, 3.05) is 13.1 Å². The maximum atomic E-state index is 14.2. The van der Waals surface area contributed by atoms with Gasteiger partial charge in [0.15, 0.2) is 0 Å². The molecule has 1 aliphatic rings. The van der Waals surface area contributed by atoms with Crippen molar-refractivity contribution >= 4 is 0 Å². The fourth-order valence-electron chi connectivity index (χ4n) is 3.42. The van der Waals surface area contributed by atoms with Gasteiger partial charge in [-0.2, -0.15) is 0 Å². The zero-order chi connectivity index (χ0) is 15.2. The van der Waals surface area contributed by atoms with Crippen LogP contribution in [0.4, 0.5) is 4.39 Å². The maximum Gasteiger partial charge on any atom is 0.128 e. The Kier molecular flexibility index (Phi) is 6.19. The molecule has 1 unspecified atom stereocenters. The highest BCUT2D eigenvalue weighted by molar-refractivity contribution is 5.22. The van der Waals surface area contributed by atoms with E-state index in [1.54, 1.807) is 12.1 Å². The summed E-state index contributed by atoms with van der Waals surface area (Å²) in [6.07, 6.45) is 6.17. The minimum absolute atomic E-state index is 0.00745. The second-order valence-corrected chi connectivity index (χ2v) is 6.63. The summed E-state index contributed by atoms with van der Waals surface area (Å²) in [6, 6.07) is 7.68. The van der Waals surface area contributed by atoms with Crippen molar-refractivity contribution in [3.8, 4) is 0 Å². The Labute approximate surface area is 128 Å². The molecule has 0 saturated heterocycles. The van der Waals surface area contributed by atoms with Gasteiger partial charge in [0.2, 0.25) is 0 Å². The summed E-state index contributed by atoms with van der Waals surface area (Å²) in [5.41, 5.74) is 6.80. The van der Waals surface area contributed by atoms with Gasteiger partial charge >= 0.3 is 0 Å². The van der Waals surface area contributed by atoms with Crippen molar-refractivity contribution < 1.29 is 4.39 Å². The molecule has 0 aromatic heterocycles. The lowest BCUT2D eigenvalue weighted by atomic mass is 10.00. The molecular weight excluding hydrogens is 263 g/mol. The monoisotopic (exact) mass is 292 g/mol. The Morgan fingerprint density at radius 2 is 1.90 bits per heavy atom. The van der Waals surface area contributed by atoms with E-state index in [1.807, 2.05) is 12.1 Å². The number of nitrogens with zero attached hydrogens (tertiary/aromatic N) is 1. The third-order valence-corrected chi connectivity index (χ3v) is 4.65. The van der Waals surface area contributed by atoms with Crippen LogP contribution in [-0.2, 0) is 0 Å². The summed E-state index contributed by atoms with van der Waals surface area (Å²) < 4.78 is 14.2. The Bertz CT molecular complexity index is 427. The number of hydrogen-bond acceptors (Lipinski definition) is 2. The molecular formula is C18H29FN2. The van der Waals surface area contributed by atoms with Gasteiger partial charge in [-0.25, -0.2) is 4.39 Å². The van der Waals surface area contributed by atoms with E-state index in [2.05, 4.69) is 18.7 Å². The zero-order valence-electron chi connectivity index (χ0n) is 13.4. The van der Waals surface area contributed by atoms with Crippen molar-refractivity contribution in [2.45, 2.75) is 58.0 Å². The van der Waals surface area contributed by atoms with E-state index in [0.29, 0.717) is 18.5 Å². The van der Waals surface area contributed by atoms with E-state index in [-0.39, 0.29) is 11.9 Å². The van der Waals surface area contributed by atoms with Gasteiger partial charge in [-0.15, -0.1) is 0 Å². The van der Waals surface area contributed by atoms with Crippen molar-refractivity contribution in [3.63, 3.8) is 0 Å². The summed E-state index contributed by atoms with van der Waals surface area (Å²) in [6.45, 7) is 5.98. The molecule has 1 aromatic carbocycles. The molecule has 0 bridgehead atoms. The van der Waals surface area contributed by atoms with E-state index < -0.39 is 0 Å². The first-order valence-corrected chi connectivity index (χ1v) is 8.33. The lowest BCUT2D eigenvalue weighted by molar-refractivity contribution is 0.128. The van der Waals surface area contributed by atoms with Crippen LogP contribution >= 0.6 is 0 Å². The lowest BCUT2D eigenvalue weighted by Crippen LogP contribution is -2.41. The third kappa shape index (κ3) is 4.27. The van der Waals surface area contributed by atoms with Gasteiger partial charge in [0, 0.05) is 18.2 Å². The van der Waals surface area contributed by atoms with Crippen LogP contribution < -0.4 is 5.73 Å². The standard InChI is InChI=1S/C18H29FN2/c1-14(2)11-12-21(15-7-3-4-8-15)18(13-20)16-9-5-6-10-17(16)19/h5-6,9-10,14-15,18H,3-4,7-8,11-13,20H2,1-2H3. The first-order valence-electron chi connectivity index (χ1n) is 8.33. The average molecular weight is 292 g/mol. The minimum atomic E-state index is -0.125. The molecule has 0 radical (unpaired) electrons. The van der Waals surface area contributed by atoms with Gasteiger partial charge < -0.3 is 5.73 Å². The van der Waals surface area contributed by atoms with Crippen LogP contribution in [0.2, 0.25) is 0 Å². The first kappa shape index (κ1) is 16.4. The first-order chi connectivity index (χ1) is 10.1. The second kappa shape index (κ2) is 7.90. The molecule has 1 aromatic rings. The lowest BCUT2D eigenvalue weighted by Gasteiger charge is -2.37. The molecule has 0 aliphatic heterocycles. The smallest absolute Gasteiger partial charge is 0.128 e. The quantitative estimate of drug-likeness (QED) is 0.819. The summed E-state index contributed by atoms with van der Waals surface area (Å²) in [5, 5.41) is 0. The van der Waals surface area contributed by atoms with Crippen molar-refractivity contribution in [2.24, 2.45) is 11.7 Å². The predicted molar refractivity (Wildman–Crippen MR) is 86.6 cm³/mol. The molecule has 0 spiro atoms. The highest BCUT2D eigenvalue weighted by atomic mass is 19.1. The minimum Gasteiger partial charge on any atom is -0.329 e. The fourth-order valence-corrected chi connectivity index (χ4v) is 3.42. The van der Waals surface area contributed by atoms with E-state index in [9.17, 15) is 4.39 Å². The van der Waals surface area contributed by atoms with Gasteiger partial charge in [0.05, 0.1) is 6.04 Å². The number of halogens is 1. The topological polar surface area (TPSA) is 29.3 Å². The summed E-state index contributed by atoms with van der Waals surface area (Å²) in [5.74, 6) is 0.536. The molecule has 1 fully saturated rings. The Hall–Kier alpha value is -0.930. The number of benzene rings is 1. The van der Waals surface area contributed by atoms with Crippen molar-refractivity contribution in [1.29, 1.82) is 0 Å².